The monoisotopic (exact) mass is 299 g/mol. The Morgan fingerprint density at radius 2 is 1.71 bits per heavy atom. The van der Waals surface area contributed by atoms with Crippen molar-refractivity contribution in [1.29, 1.82) is 0 Å². The molecule has 0 aliphatic heterocycles. The van der Waals surface area contributed by atoms with Crippen molar-refractivity contribution >= 4 is 23.9 Å². The van der Waals surface area contributed by atoms with Gasteiger partial charge in [-0.2, -0.15) is 0 Å². The van der Waals surface area contributed by atoms with Gasteiger partial charge in [0.15, 0.2) is 12.4 Å². The summed E-state index contributed by atoms with van der Waals surface area (Å²) in [6, 6.07) is 0. The van der Waals surface area contributed by atoms with Crippen LogP contribution in [0.2, 0.25) is 0 Å². The summed E-state index contributed by atoms with van der Waals surface area (Å²) >= 11 is 0. The largest absolute Gasteiger partial charge is 0.456 e. The number of rotatable bonds is 9. The van der Waals surface area contributed by atoms with Crippen LogP contribution in [-0.4, -0.2) is 37.1 Å². The van der Waals surface area contributed by atoms with Crippen molar-refractivity contribution < 1.29 is 23.9 Å². The summed E-state index contributed by atoms with van der Waals surface area (Å²) < 4.78 is 4.52. The number of carbonyl (C=O) groups excluding carboxylic acids is 4. The predicted molar refractivity (Wildman–Crippen MR) is 77.5 cm³/mol. The Labute approximate surface area is 125 Å². The summed E-state index contributed by atoms with van der Waals surface area (Å²) in [5, 5.41) is 2.40. The number of nitrogens with one attached hydrogen (secondary N) is 1. The number of ether oxygens (including phenoxy) is 1. The van der Waals surface area contributed by atoms with Crippen molar-refractivity contribution in [1.82, 2.24) is 5.32 Å². The van der Waals surface area contributed by atoms with Crippen molar-refractivity contribution in [3.63, 3.8) is 0 Å². The maximum absolute atomic E-state index is 11.9. The van der Waals surface area contributed by atoms with Crippen LogP contribution in [0.3, 0.4) is 0 Å². The molecule has 0 fully saturated rings. The van der Waals surface area contributed by atoms with Gasteiger partial charge in [0.1, 0.15) is 6.29 Å². The Hall–Kier alpha value is -1.72. The molecule has 1 N–H and O–H groups in total. The summed E-state index contributed by atoms with van der Waals surface area (Å²) in [5.74, 6) is -1.18. The molecule has 0 rings (SSSR count). The molecule has 0 atom stereocenters. The third-order valence-electron chi connectivity index (χ3n) is 2.82. The highest BCUT2D eigenvalue weighted by atomic mass is 16.5. The molecular formula is C15H25NO5. The van der Waals surface area contributed by atoms with Crippen LogP contribution in [0.25, 0.3) is 0 Å². The maximum atomic E-state index is 11.9. The van der Waals surface area contributed by atoms with Gasteiger partial charge in [-0.25, -0.2) is 0 Å². The second-order valence-corrected chi connectivity index (χ2v) is 6.72. The van der Waals surface area contributed by atoms with Crippen LogP contribution in [0.1, 0.15) is 47.5 Å². The average Bonchev–Trinajstić information content (AvgIpc) is 2.31. The van der Waals surface area contributed by atoms with Crippen LogP contribution in [0.5, 0.6) is 0 Å². The Balaban J connectivity index is 4.21. The van der Waals surface area contributed by atoms with Gasteiger partial charge in [-0.05, 0) is 11.8 Å². The lowest BCUT2D eigenvalue weighted by Crippen LogP contribution is -2.35. The highest BCUT2D eigenvalue weighted by Gasteiger charge is 2.30. The van der Waals surface area contributed by atoms with E-state index in [1.54, 1.807) is 0 Å². The van der Waals surface area contributed by atoms with E-state index >= 15 is 0 Å². The SMILES string of the molecule is CC(=O)OCC(=O)NCC(=O)CC(C)(C)CC(C)(C)C=O. The number of esters is 1. The van der Waals surface area contributed by atoms with Crippen molar-refractivity contribution in [3.05, 3.63) is 0 Å². The normalized spacial score (nSPS) is 11.7. The van der Waals surface area contributed by atoms with Gasteiger partial charge in [0.25, 0.3) is 5.91 Å². The van der Waals surface area contributed by atoms with Crippen molar-refractivity contribution in [2.45, 2.75) is 47.5 Å². The van der Waals surface area contributed by atoms with E-state index in [9.17, 15) is 19.2 Å². The predicted octanol–water partition coefficient (Wildman–Crippen LogP) is 1.27. The summed E-state index contributed by atoms with van der Waals surface area (Å²) in [6.45, 7) is 8.19. The first-order valence-corrected chi connectivity index (χ1v) is 6.85. The highest BCUT2D eigenvalue weighted by molar-refractivity contribution is 5.87. The molecule has 0 aromatic heterocycles. The van der Waals surface area contributed by atoms with E-state index in [0.29, 0.717) is 6.42 Å². The molecule has 0 unspecified atom stereocenters. The summed E-state index contributed by atoms with van der Waals surface area (Å²) in [4.78, 5) is 44.7. The molecule has 21 heavy (non-hydrogen) atoms. The molecule has 120 valence electrons. The zero-order chi connectivity index (χ0) is 16.7. The topological polar surface area (TPSA) is 89.5 Å². The third kappa shape index (κ3) is 9.76. The molecule has 0 saturated carbocycles. The molecule has 0 aromatic rings. The van der Waals surface area contributed by atoms with Crippen LogP contribution >= 0.6 is 0 Å². The van der Waals surface area contributed by atoms with Gasteiger partial charge in [-0.3, -0.25) is 14.4 Å². The minimum atomic E-state index is -0.547. The number of aldehydes is 1. The molecular weight excluding hydrogens is 274 g/mol. The molecule has 0 aliphatic rings. The number of ketones is 1. The molecule has 0 aromatic carbocycles. The molecule has 0 radical (unpaired) electrons. The van der Waals surface area contributed by atoms with E-state index in [-0.39, 0.29) is 30.8 Å². The molecule has 1 amide bonds. The van der Waals surface area contributed by atoms with Gasteiger partial charge in [0.05, 0.1) is 6.54 Å². The van der Waals surface area contributed by atoms with Crippen LogP contribution in [0.4, 0.5) is 0 Å². The molecule has 6 heteroatoms. The minimum Gasteiger partial charge on any atom is -0.456 e. The highest BCUT2D eigenvalue weighted by Crippen LogP contribution is 2.34. The number of hydrogen-bond donors (Lipinski definition) is 1. The second kappa shape index (κ2) is 7.90. The van der Waals surface area contributed by atoms with Crippen LogP contribution in [0.15, 0.2) is 0 Å². The number of Topliss-reactive ketones (excluding diaryl/α,β-unsaturated/α-hetero) is 1. The van der Waals surface area contributed by atoms with Gasteiger partial charge in [-0.15, -0.1) is 0 Å². The number of amides is 1. The standard InChI is InChI=1S/C15H25NO5/c1-11(18)21-8-13(20)16-7-12(19)6-14(2,3)9-15(4,5)10-17/h10H,6-9H2,1-5H3,(H,16,20). The average molecular weight is 299 g/mol. The maximum Gasteiger partial charge on any atom is 0.303 e. The molecule has 0 spiro atoms. The molecule has 0 bridgehead atoms. The third-order valence-corrected chi connectivity index (χ3v) is 2.82. The fourth-order valence-electron chi connectivity index (χ4n) is 2.35. The fraction of sp³-hybridized carbons (Fsp3) is 0.733. The lowest BCUT2D eigenvalue weighted by molar-refractivity contribution is -0.146. The Kier molecular flexibility index (Phi) is 7.26. The minimum absolute atomic E-state index is 0.106. The van der Waals surface area contributed by atoms with E-state index in [0.717, 1.165) is 6.29 Å². The fourth-order valence-corrected chi connectivity index (χ4v) is 2.35. The van der Waals surface area contributed by atoms with Crippen molar-refractivity contribution in [3.8, 4) is 0 Å². The van der Waals surface area contributed by atoms with Gasteiger partial charge in [0.2, 0.25) is 0 Å². The summed E-state index contributed by atoms with van der Waals surface area (Å²) in [6.07, 6.45) is 1.73. The van der Waals surface area contributed by atoms with E-state index in [4.69, 9.17) is 0 Å². The van der Waals surface area contributed by atoms with Crippen molar-refractivity contribution in [2.75, 3.05) is 13.2 Å². The van der Waals surface area contributed by atoms with Crippen LogP contribution in [-0.2, 0) is 23.9 Å². The summed E-state index contributed by atoms with van der Waals surface area (Å²) in [5.41, 5.74) is -0.815. The van der Waals surface area contributed by atoms with Gasteiger partial charge >= 0.3 is 5.97 Å². The quantitative estimate of drug-likeness (QED) is 0.511. The molecule has 0 heterocycles. The van der Waals surface area contributed by atoms with Crippen LogP contribution in [0, 0.1) is 10.8 Å². The van der Waals surface area contributed by atoms with Gasteiger partial charge in [0, 0.05) is 18.8 Å². The zero-order valence-electron chi connectivity index (χ0n) is 13.4. The van der Waals surface area contributed by atoms with E-state index < -0.39 is 17.3 Å². The second-order valence-electron chi connectivity index (χ2n) is 6.72. The summed E-state index contributed by atoms with van der Waals surface area (Å²) in [7, 11) is 0. The first kappa shape index (κ1) is 19.3. The van der Waals surface area contributed by atoms with Gasteiger partial charge < -0.3 is 14.8 Å². The molecule has 0 saturated heterocycles. The van der Waals surface area contributed by atoms with E-state index in [1.165, 1.54) is 6.92 Å². The lowest BCUT2D eigenvalue weighted by atomic mass is 9.73. The molecule has 6 nitrogen and oxygen atoms in total. The first-order chi connectivity index (χ1) is 9.47. The molecule has 0 aliphatic carbocycles. The van der Waals surface area contributed by atoms with E-state index in [2.05, 4.69) is 10.1 Å². The van der Waals surface area contributed by atoms with Crippen LogP contribution < -0.4 is 5.32 Å². The van der Waals surface area contributed by atoms with E-state index in [1.807, 2.05) is 27.7 Å². The van der Waals surface area contributed by atoms with Crippen molar-refractivity contribution in [2.24, 2.45) is 10.8 Å². The smallest absolute Gasteiger partial charge is 0.303 e. The Morgan fingerprint density at radius 3 is 2.19 bits per heavy atom. The Morgan fingerprint density at radius 1 is 1.14 bits per heavy atom. The Bertz CT molecular complexity index is 412. The lowest BCUT2D eigenvalue weighted by Gasteiger charge is -2.30. The van der Waals surface area contributed by atoms with Gasteiger partial charge in [-0.1, -0.05) is 27.7 Å². The zero-order valence-corrected chi connectivity index (χ0v) is 13.4. The number of carbonyl (C=O) groups is 4. The number of hydrogen-bond acceptors (Lipinski definition) is 5. The first-order valence-electron chi connectivity index (χ1n) is 6.85.